The van der Waals surface area contributed by atoms with Crippen LogP contribution >= 0.6 is 27.5 Å². The molecule has 0 saturated carbocycles. The van der Waals surface area contributed by atoms with E-state index in [2.05, 4.69) is 35.9 Å². The van der Waals surface area contributed by atoms with Crippen molar-refractivity contribution in [1.82, 2.24) is 15.5 Å². The molecule has 0 aliphatic carbocycles. The lowest BCUT2D eigenvalue weighted by atomic mass is 10.2. The second-order valence-electron chi connectivity index (χ2n) is 3.19. The van der Waals surface area contributed by atoms with E-state index in [1.807, 2.05) is 18.2 Å². The largest absolute Gasteiger partial charge is 0.343 e. The first kappa shape index (κ1) is 11.6. The fourth-order valence-corrected chi connectivity index (χ4v) is 1.84. The predicted molar refractivity (Wildman–Crippen MR) is 64.0 cm³/mol. The highest BCUT2D eigenvalue weighted by Gasteiger charge is 2.02. The molecule has 1 aromatic heterocycles. The molecule has 4 nitrogen and oxygen atoms in total. The second kappa shape index (κ2) is 5.43. The van der Waals surface area contributed by atoms with Crippen LogP contribution in [0.25, 0.3) is 0 Å². The van der Waals surface area contributed by atoms with Gasteiger partial charge in [-0.05, 0) is 23.8 Å². The van der Waals surface area contributed by atoms with Gasteiger partial charge in [-0.3, -0.25) is 0 Å². The maximum atomic E-state index is 5.91. The molecule has 1 heterocycles. The smallest absolute Gasteiger partial charge is 0.213 e. The minimum absolute atomic E-state index is 0.565. The van der Waals surface area contributed by atoms with Crippen molar-refractivity contribution in [3.05, 3.63) is 45.5 Å². The van der Waals surface area contributed by atoms with Crippen LogP contribution in [-0.2, 0) is 13.1 Å². The Morgan fingerprint density at radius 3 is 3.00 bits per heavy atom. The molecule has 0 unspecified atom stereocenters. The van der Waals surface area contributed by atoms with Crippen molar-refractivity contribution < 1.29 is 4.52 Å². The monoisotopic (exact) mass is 301 g/mol. The van der Waals surface area contributed by atoms with Gasteiger partial charge in [0.2, 0.25) is 6.39 Å². The third-order valence-electron chi connectivity index (χ3n) is 2.01. The van der Waals surface area contributed by atoms with Crippen LogP contribution in [0.1, 0.15) is 11.4 Å². The van der Waals surface area contributed by atoms with Gasteiger partial charge in [0.15, 0.2) is 5.82 Å². The molecule has 0 spiro atoms. The SMILES string of the molecule is Clc1ccc(Br)c(CNCc2ncon2)c1. The lowest BCUT2D eigenvalue weighted by Crippen LogP contribution is -2.14. The van der Waals surface area contributed by atoms with Crippen molar-refractivity contribution in [2.75, 3.05) is 0 Å². The summed E-state index contributed by atoms with van der Waals surface area (Å²) < 4.78 is 5.65. The van der Waals surface area contributed by atoms with Crippen LogP contribution in [0, 0.1) is 0 Å². The highest BCUT2D eigenvalue weighted by molar-refractivity contribution is 9.10. The summed E-state index contributed by atoms with van der Waals surface area (Å²) >= 11 is 9.37. The molecule has 0 atom stereocenters. The van der Waals surface area contributed by atoms with Gasteiger partial charge >= 0.3 is 0 Å². The van der Waals surface area contributed by atoms with Crippen molar-refractivity contribution >= 4 is 27.5 Å². The fourth-order valence-electron chi connectivity index (χ4n) is 1.26. The molecule has 0 fully saturated rings. The number of nitrogens with one attached hydrogen (secondary N) is 1. The van der Waals surface area contributed by atoms with Gasteiger partial charge in [-0.1, -0.05) is 32.7 Å². The van der Waals surface area contributed by atoms with Crippen molar-refractivity contribution in [1.29, 1.82) is 0 Å². The van der Waals surface area contributed by atoms with Gasteiger partial charge in [0.1, 0.15) is 0 Å². The predicted octanol–water partition coefficient (Wildman–Crippen LogP) is 2.78. The maximum Gasteiger partial charge on any atom is 0.213 e. The first-order chi connectivity index (χ1) is 7.75. The van der Waals surface area contributed by atoms with E-state index in [-0.39, 0.29) is 0 Å². The highest BCUT2D eigenvalue weighted by atomic mass is 79.9. The van der Waals surface area contributed by atoms with Crippen molar-refractivity contribution in [3.8, 4) is 0 Å². The summed E-state index contributed by atoms with van der Waals surface area (Å²) in [7, 11) is 0. The number of halogens is 2. The molecule has 0 bridgehead atoms. The van der Waals surface area contributed by atoms with Gasteiger partial charge in [-0.15, -0.1) is 0 Å². The summed E-state index contributed by atoms with van der Waals surface area (Å²) in [5.74, 6) is 0.637. The maximum absolute atomic E-state index is 5.91. The van der Waals surface area contributed by atoms with Gasteiger partial charge < -0.3 is 9.84 Å². The summed E-state index contributed by atoms with van der Waals surface area (Å²) in [5.41, 5.74) is 1.09. The molecule has 0 aliphatic heterocycles. The zero-order valence-corrected chi connectivity index (χ0v) is 10.6. The summed E-state index contributed by atoms with van der Waals surface area (Å²) in [6, 6.07) is 5.68. The molecule has 0 amide bonds. The Kier molecular flexibility index (Phi) is 3.93. The van der Waals surface area contributed by atoms with Crippen molar-refractivity contribution in [2.45, 2.75) is 13.1 Å². The second-order valence-corrected chi connectivity index (χ2v) is 4.48. The quantitative estimate of drug-likeness (QED) is 0.943. The van der Waals surface area contributed by atoms with E-state index in [4.69, 9.17) is 11.6 Å². The first-order valence-corrected chi connectivity index (χ1v) is 5.82. The van der Waals surface area contributed by atoms with Crippen LogP contribution in [-0.4, -0.2) is 10.1 Å². The average Bonchev–Trinajstić information content (AvgIpc) is 2.76. The van der Waals surface area contributed by atoms with E-state index in [9.17, 15) is 0 Å². The van der Waals surface area contributed by atoms with Gasteiger partial charge in [-0.25, -0.2) is 0 Å². The topological polar surface area (TPSA) is 51.0 Å². The number of benzene rings is 1. The molecule has 0 radical (unpaired) electrons. The van der Waals surface area contributed by atoms with E-state index in [0.29, 0.717) is 18.9 Å². The molecule has 6 heteroatoms. The zero-order chi connectivity index (χ0) is 11.4. The molecule has 1 N–H and O–H groups in total. The zero-order valence-electron chi connectivity index (χ0n) is 8.28. The number of rotatable bonds is 4. The van der Waals surface area contributed by atoms with E-state index >= 15 is 0 Å². The molecule has 16 heavy (non-hydrogen) atoms. The third-order valence-corrected chi connectivity index (χ3v) is 3.02. The standard InChI is InChI=1S/C10H9BrClN3O/c11-9-2-1-8(12)3-7(9)4-13-5-10-14-6-16-15-10/h1-3,6,13H,4-5H2. The summed E-state index contributed by atoms with van der Waals surface area (Å²) in [5, 5.41) is 7.62. The van der Waals surface area contributed by atoms with E-state index in [0.717, 1.165) is 15.1 Å². The van der Waals surface area contributed by atoms with Crippen LogP contribution in [0.15, 0.2) is 33.6 Å². The Hall–Kier alpha value is -0.910. The van der Waals surface area contributed by atoms with Crippen LogP contribution in [0.4, 0.5) is 0 Å². The molecule has 0 saturated heterocycles. The van der Waals surface area contributed by atoms with Crippen LogP contribution in [0.3, 0.4) is 0 Å². The minimum atomic E-state index is 0.565. The van der Waals surface area contributed by atoms with E-state index in [1.54, 1.807) is 0 Å². The molecule has 2 aromatic rings. The Labute approximate surface area is 106 Å². The average molecular weight is 303 g/mol. The van der Waals surface area contributed by atoms with Gasteiger partial charge in [0.05, 0.1) is 6.54 Å². The van der Waals surface area contributed by atoms with Crippen LogP contribution < -0.4 is 5.32 Å². The van der Waals surface area contributed by atoms with Gasteiger partial charge in [0, 0.05) is 16.0 Å². The number of nitrogens with zero attached hydrogens (tertiary/aromatic N) is 2. The molecule has 0 aliphatic rings. The summed E-state index contributed by atoms with van der Waals surface area (Å²) in [6.45, 7) is 1.26. The minimum Gasteiger partial charge on any atom is -0.343 e. The van der Waals surface area contributed by atoms with Gasteiger partial charge in [0.25, 0.3) is 0 Å². The first-order valence-electron chi connectivity index (χ1n) is 4.65. The molecular formula is C10H9BrClN3O. The lowest BCUT2D eigenvalue weighted by molar-refractivity contribution is 0.407. The Morgan fingerprint density at radius 2 is 2.25 bits per heavy atom. The molecular weight excluding hydrogens is 293 g/mol. The summed E-state index contributed by atoms with van der Waals surface area (Å²) in [6.07, 6.45) is 1.31. The molecule has 84 valence electrons. The fraction of sp³-hybridized carbons (Fsp3) is 0.200. The Morgan fingerprint density at radius 1 is 1.38 bits per heavy atom. The van der Waals surface area contributed by atoms with E-state index < -0.39 is 0 Å². The van der Waals surface area contributed by atoms with Gasteiger partial charge in [-0.2, -0.15) is 4.98 Å². The third kappa shape index (κ3) is 3.04. The number of hydrogen-bond donors (Lipinski definition) is 1. The Bertz CT molecular complexity index is 461. The number of aromatic nitrogens is 2. The van der Waals surface area contributed by atoms with E-state index in [1.165, 1.54) is 6.39 Å². The number of hydrogen-bond acceptors (Lipinski definition) is 4. The van der Waals surface area contributed by atoms with Crippen molar-refractivity contribution in [2.24, 2.45) is 0 Å². The molecule has 1 aromatic carbocycles. The lowest BCUT2D eigenvalue weighted by Gasteiger charge is -2.05. The highest BCUT2D eigenvalue weighted by Crippen LogP contribution is 2.20. The molecule has 2 rings (SSSR count). The Balaban J connectivity index is 1.92. The van der Waals surface area contributed by atoms with Crippen LogP contribution in [0.2, 0.25) is 5.02 Å². The van der Waals surface area contributed by atoms with Crippen molar-refractivity contribution in [3.63, 3.8) is 0 Å². The van der Waals surface area contributed by atoms with Crippen LogP contribution in [0.5, 0.6) is 0 Å². The summed E-state index contributed by atoms with van der Waals surface area (Å²) in [4.78, 5) is 3.91. The normalized spacial score (nSPS) is 10.6.